The number of unbranched alkanes of at least 4 members (excludes halogenated alkanes) is 3. The minimum Gasteiger partial charge on any atom is -0.490 e. The summed E-state index contributed by atoms with van der Waals surface area (Å²) >= 11 is 0. The number of benzene rings is 2. The Morgan fingerprint density at radius 1 is 1.00 bits per heavy atom. The molecular formula is C32H38FNO2. The van der Waals surface area contributed by atoms with Crippen molar-refractivity contribution < 1.29 is 13.9 Å². The maximum absolute atomic E-state index is 14.9. The first-order valence-corrected chi connectivity index (χ1v) is 13.0. The van der Waals surface area contributed by atoms with Crippen molar-refractivity contribution in [2.24, 2.45) is 0 Å². The summed E-state index contributed by atoms with van der Waals surface area (Å²) in [6.45, 7) is 9.32. The second-order valence-corrected chi connectivity index (χ2v) is 9.02. The predicted octanol–water partition coefficient (Wildman–Crippen LogP) is 8.90. The molecule has 1 unspecified atom stereocenters. The van der Waals surface area contributed by atoms with Crippen molar-refractivity contribution >= 4 is 6.08 Å². The fraction of sp³-hybridized carbons (Fsp3) is 0.344. The zero-order valence-electron chi connectivity index (χ0n) is 21.6. The number of hydrogen-bond acceptors (Lipinski definition) is 3. The molecule has 0 saturated heterocycles. The number of rotatable bonds is 15. The molecule has 0 amide bonds. The summed E-state index contributed by atoms with van der Waals surface area (Å²) in [5.41, 5.74) is 3.98. The van der Waals surface area contributed by atoms with Crippen LogP contribution in [0.25, 0.3) is 28.5 Å². The first-order chi connectivity index (χ1) is 17.6. The number of aromatic nitrogens is 1. The standard InChI is InChI=1S/C32H38FNO2/c1-4-6-10-22-35-25(3)11-8-7-9-12-26-13-19-30(31(33)23-26)28-16-20-32(34-24-28)27-14-17-29(18-15-27)36-21-5-2/h5,9,12-20,23-25H,2,4,6-8,10-11,21-22H2,1,3H3/b12-9+. The summed E-state index contributed by atoms with van der Waals surface area (Å²) in [5.74, 6) is 0.539. The Morgan fingerprint density at radius 3 is 2.50 bits per heavy atom. The van der Waals surface area contributed by atoms with Gasteiger partial charge in [0.05, 0.1) is 11.8 Å². The van der Waals surface area contributed by atoms with Crippen molar-refractivity contribution in [3.63, 3.8) is 0 Å². The Kier molecular flexibility index (Phi) is 11.4. The van der Waals surface area contributed by atoms with E-state index in [9.17, 15) is 4.39 Å². The average molecular weight is 488 g/mol. The lowest BCUT2D eigenvalue weighted by atomic mass is 10.0. The van der Waals surface area contributed by atoms with Gasteiger partial charge in [-0.05, 0) is 74.6 Å². The highest BCUT2D eigenvalue weighted by atomic mass is 19.1. The Labute approximate surface area is 215 Å². The highest BCUT2D eigenvalue weighted by Crippen LogP contribution is 2.27. The molecule has 0 aliphatic heterocycles. The summed E-state index contributed by atoms with van der Waals surface area (Å²) < 4.78 is 26.2. The van der Waals surface area contributed by atoms with Crippen LogP contribution >= 0.6 is 0 Å². The Morgan fingerprint density at radius 2 is 1.81 bits per heavy atom. The number of hydrogen-bond donors (Lipinski definition) is 0. The predicted molar refractivity (Wildman–Crippen MR) is 149 cm³/mol. The van der Waals surface area contributed by atoms with Gasteiger partial charge in [0, 0.05) is 29.5 Å². The van der Waals surface area contributed by atoms with Crippen LogP contribution in [0.15, 0.2) is 79.5 Å². The van der Waals surface area contributed by atoms with Crippen molar-refractivity contribution in [3.05, 3.63) is 90.9 Å². The molecule has 0 N–H and O–H groups in total. The van der Waals surface area contributed by atoms with Crippen LogP contribution in [0, 0.1) is 5.82 Å². The monoisotopic (exact) mass is 487 g/mol. The molecule has 4 heteroatoms. The van der Waals surface area contributed by atoms with E-state index in [0.717, 1.165) is 60.4 Å². The molecule has 0 bridgehead atoms. The van der Waals surface area contributed by atoms with Crippen LogP contribution in [0.5, 0.6) is 5.75 Å². The van der Waals surface area contributed by atoms with Crippen molar-refractivity contribution in [2.75, 3.05) is 13.2 Å². The van der Waals surface area contributed by atoms with Gasteiger partial charge in [0.15, 0.2) is 0 Å². The normalized spacial score (nSPS) is 12.1. The zero-order valence-corrected chi connectivity index (χ0v) is 21.6. The lowest BCUT2D eigenvalue weighted by molar-refractivity contribution is 0.0566. The Bertz CT molecular complexity index is 1090. The van der Waals surface area contributed by atoms with E-state index in [0.29, 0.717) is 18.3 Å². The summed E-state index contributed by atoms with van der Waals surface area (Å²) in [7, 11) is 0. The SMILES string of the molecule is C=CCOc1ccc(-c2ccc(-c3ccc(/C=C/CCCC(C)OCCCCC)cc3F)cn2)cc1. The van der Waals surface area contributed by atoms with Gasteiger partial charge in [-0.2, -0.15) is 0 Å². The van der Waals surface area contributed by atoms with E-state index in [2.05, 4.69) is 31.5 Å². The second-order valence-electron chi connectivity index (χ2n) is 9.02. The van der Waals surface area contributed by atoms with Crippen LogP contribution in [0.2, 0.25) is 0 Å². The third kappa shape index (κ3) is 8.76. The van der Waals surface area contributed by atoms with Gasteiger partial charge in [0.1, 0.15) is 18.2 Å². The molecule has 1 heterocycles. The van der Waals surface area contributed by atoms with Gasteiger partial charge >= 0.3 is 0 Å². The van der Waals surface area contributed by atoms with Crippen molar-refractivity contribution in [2.45, 2.75) is 58.5 Å². The maximum atomic E-state index is 14.9. The molecule has 0 saturated carbocycles. The molecule has 0 aliphatic rings. The van der Waals surface area contributed by atoms with Crippen LogP contribution in [0.1, 0.15) is 57.9 Å². The van der Waals surface area contributed by atoms with Crippen LogP contribution in [0.3, 0.4) is 0 Å². The maximum Gasteiger partial charge on any atom is 0.131 e. The number of ether oxygens (including phenoxy) is 2. The topological polar surface area (TPSA) is 31.4 Å². The smallest absolute Gasteiger partial charge is 0.131 e. The second kappa shape index (κ2) is 15.0. The van der Waals surface area contributed by atoms with E-state index < -0.39 is 0 Å². The van der Waals surface area contributed by atoms with E-state index in [-0.39, 0.29) is 5.82 Å². The first-order valence-electron chi connectivity index (χ1n) is 13.0. The molecule has 190 valence electrons. The van der Waals surface area contributed by atoms with Crippen LogP contribution < -0.4 is 4.74 Å². The van der Waals surface area contributed by atoms with Gasteiger partial charge in [0.25, 0.3) is 0 Å². The van der Waals surface area contributed by atoms with E-state index in [1.54, 1.807) is 18.3 Å². The van der Waals surface area contributed by atoms with Crippen molar-refractivity contribution in [1.29, 1.82) is 0 Å². The Hall–Kier alpha value is -3.24. The largest absolute Gasteiger partial charge is 0.490 e. The van der Waals surface area contributed by atoms with E-state index >= 15 is 0 Å². The summed E-state index contributed by atoms with van der Waals surface area (Å²) in [6, 6.07) is 16.9. The lowest BCUT2D eigenvalue weighted by Gasteiger charge is -2.12. The fourth-order valence-corrected chi connectivity index (χ4v) is 3.93. The van der Waals surface area contributed by atoms with Crippen LogP contribution in [-0.4, -0.2) is 24.3 Å². The lowest BCUT2D eigenvalue weighted by Crippen LogP contribution is -2.08. The minimum absolute atomic E-state index is 0.246. The quantitative estimate of drug-likeness (QED) is 0.158. The molecule has 3 nitrogen and oxygen atoms in total. The summed E-state index contributed by atoms with van der Waals surface area (Å²) in [4.78, 5) is 4.54. The van der Waals surface area contributed by atoms with Gasteiger partial charge in [-0.3, -0.25) is 4.98 Å². The molecule has 1 atom stereocenters. The first kappa shape index (κ1) is 27.3. The molecule has 0 radical (unpaired) electrons. The molecule has 3 rings (SSSR count). The Balaban J connectivity index is 1.51. The molecule has 3 aromatic rings. The number of allylic oxidation sites excluding steroid dienone is 1. The summed E-state index contributed by atoms with van der Waals surface area (Å²) in [5, 5.41) is 0. The zero-order chi connectivity index (χ0) is 25.6. The number of halogens is 1. The molecule has 36 heavy (non-hydrogen) atoms. The van der Waals surface area contributed by atoms with Crippen molar-refractivity contribution in [1.82, 2.24) is 4.98 Å². The average Bonchev–Trinajstić information content (AvgIpc) is 2.90. The van der Waals surface area contributed by atoms with Gasteiger partial charge in [0.2, 0.25) is 0 Å². The van der Waals surface area contributed by atoms with Crippen LogP contribution in [-0.2, 0) is 4.74 Å². The van der Waals surface area contributed by atoms with Gasteiger partial charge in [-0.15, -0.1) is 0 Å². The highest BCUT2D eigenvalue weighted by Gasteiger charge is 2.08. The molecule has 0 fully saturated rings. The number of pyridine rings is 1. The number of nitrogens with zero attached hydrogens (tertiary/aromatic N) is 1. The van der Waals surface area contributed by atoms with E-state index in [1.807, 2.05) is 54.6 Å². The van der Waals surface area contributed by atoms with Crippen molar-refractivity contribution in [3.8, 4) is 28.1 Å². The van der Waals surface area contributed by atoms with Gasteiger partial charge < -0.3 is 9.47 Å². The minimum atomic E-state index is -0.246. The fourth-order valence-electron chi connectivity index (χ4n) is 3.93. The molecular weight excluding hydrogens is 449 g/mol. The molecule has 1 aromatic heterocycles. The van der Waals surface area contributed by atoms with Gasteiger partial charge in [-0.1, -0.05) is 62.8 Å². The molecule has 0 aliphatic carbocycles. The third-order valence-corrected chi connectivity index (χ3v) is 6.03. The third-order valence-electron chi connectivity index (χ3n) is 6.03. The van der Waals surface area contributed by atoms with Crippen LogP contribution in [0.4, 0.5) is 4.39 Å². The van der Waals surface area contributed by atoms with E-state index in [4.69, 9.17) is 9.47 Å². The highest BCUT2D eigenvalue weighted by molar-refractivity contribution is 5.69. The molecule has 2 aromatic carbocycles. The van der Waals surface area contributed by atoms with Gasteiger partial charge in [-0.25, -0.2) is 4.39 Å². The molecule has 0 spiro atoms. The van der Waals surface area contributed by atoms with E-state index in [1.165, 1.54) is 12.8 Å². The summed E-state index contributed by atoms with van der Waals surface area (Å²) in [6.07, 6.45) is 14.5.